The molecule has 0 aliphatic heterocycles. The van der Waals surface area contributed by atoms with E-state index in [0.29, 0.717) is 0 Å². The quantitative estimate of drug-likeness (QED) is 0.241. The Bertz CT molecular complexity index is 319. The Labute approximate surface area is 133 Å². The van der Waals surface area contributed by atoms with Crippen molar-refractivity contribution >= 4 is 11.6 Å². The zero-order valence-electron chi connectivity index (χ0n) is 13.0. The number of rotatable bonds is 11. The lowest BCUT2D eigenvalue weighted by Gasteiger charge is -2.42. The second-order valence-electron chi connectivity index (χ2n) is 5.44. The topological polar surface area (TPSA) is 29.5 Å². The average Bonchev–Trinajstić information content (AvgIpc) is 2.37. The number of unbranched alkanes of at least 4 members (excludes halogenated alkanes) is 1. The van der Waals surface area contributed by atoms with Crippen LogP contribution in [-0.2, 0) is 4.74 Å². The molecule has 0 spiro atoms. The van der Waals surface area contributed by atoms with Crippen molar-refractivity contribution in [3.05, 3.63) is 0 Å². The van der Waals surface area contributed by atoms with Gasteiger partial charge in [0, 0.05) is 19.3 Å². The van der Waals surface area contributed by atoms with Crippen molar-refractivity contribution in [1.29, 1.82) is 0 Å². The third kappa shape index (κ3) is 5.20. The second-order valence-corrected chi connectivity index (χ2v) is 5.81. The molecule has 0 aliphatic rings. The number of halogens is 6. The first-order valence-electron chi connectivity index (χ1n) is 7.32. The van der Waals surface area contributed by atoms with Gasteiger partial charge in [0.15, 0.2) is 0 Å². The Morgan fingerprint density at radius 1 is 1.05 bits per heavy atom. The van der Waals surface area contributed by atoms with Gasteiger partial charge >= 0.3 is 0 Å². The molecule has 0 aliphatic carbocycles. The Morgan fingerprint density at radius 2 is 1.55 bits per heavy atom. The van der Waals surface area contributed by atoms with Crippen LogP contribution in [0.2, 0.25) is 0 Å². The lowest BCUT2D eigenvalue weighted by molar-refractivity contribution is -0.266. The minimum absolute atomic E-state index is 0.0493. The summed E-state index contributed by atoms with van der Waals surface area (Å²) in [4.78, 5) is 0. The molecule has 1 N–H and O–H groups in total. The van der Waals surface area contributed by atoms with Gasteiger partial charge < -0.3 is 9.84 Å². The second kappa shape index (κ2) is 8.64. The van der Waals surface area contributed by atoms with Crippen molar-refractivity contribution in [2.45, 2.75) is 76.1 Å². The maximum absolute atomic E-state index is 14.8. The highest BCUT2D eigenvalue weighted by Crippen LogP contribution is 2.52. The molecule has 0 saturated heterocycles. The molecule has 0 fully saturated rings. The summed E-state index contributed by atoms with van der Waals surface area (Å²) in [6.07, 6.45) is -1.40. The molecule has 2 unspecified atom stereocenters. The molecule has 0 rings (SSSR count). The van der Waals surface area contributed by atoms with Gasteiger partial charge in [0.1, 0.15) is 0 Å². The van der Waals surface area contributed by atoms with Crippen LogP contribution in [0.15, 0.2) is 0 Å². The van der Waals surface area contributed by atoms with E-state index in [-0.39, 0.29) is 39.2 Å². The van der Waals surface area contributed by atoms with E-state index in [9.17, 15) is 22.0 Å². The van der Waals surface area contributed by atoms with Crippen molar-refractivity contribution in [2.75, 3.05) is 6.61 Å². The summed E-state index contributed by atoms with van der Waals surface area (Å²) in [6.45, 7) is 2.92. The van der Waals surface area contributed by atoms with Crippen molar-refractivity contribution in [3.8, 4) is 0 Å². The molecule has 0 aromatic heterocycles. The summed E-state index contributed by atoms with van der Waals surface area (Å²) in [5.41, 5.74) is -3.89. The first kappa shape index (κ1) is 21.9. The van der Waals surface area contributed by atoms with Crippen LogP contribution in [0.4, 0.5) is 22.0 Å². The maximum atomic E-state index is 14.8. The molecule has 134 valence electrons. The molecule has 0 heterocycles. The highest BCUT2D eigenvalue weighted by molar-refractivity contribution is 6.18. The van der Waals surface area contributed by atoms with Gasteiger partial charge in [-0.3, -0.25) is 0 Å². The largest absolute Gasteiger partial charge is 0.356 e. The predicted molar refractivity (Wildman–Crippen MR) is 75.1 cm³/mol. The number of aliphatic hydroxyl groups is 1. The third-order valence-corrected chi connectivity index (χ3v) is 3.99. The van der Waals surface area contributed by atoms with Gasteiger partial charge in [0.05, 0.1) is 6.61 Å². The van der Waals surface area contributed by atoms with Crippen LogP contribution in [0, 0.1) is 5.92 Å². The monoisotopic (exact) mass is 354 g/mol. The van der Waals surface area contributed by atoms with Gasteiger partial charge in [-0.15, -0.1) is 0 Å². The van der Waals surface area contributed by atoms with Gasteiger partial charge in [0.25, 0.3) is 11.8 Å². The summed E-state index contributed by atoms with van der Waals surface area (Å²) in [5, 5.41) is 8.62. The number of hydrogen-bond acceptors (Lipinski definition) is 2. The van der Waals surface area contributed by atoms with E-state index in [1.807, 2.05) is 0 Å². The molecular formula is C14H24ClF5O2. The van der Waals surface area contributed by atoms with Crippen LogP contribution < -0.4 is 0 Å². The summed E-state index contributed by atoms with van der Waals surface area (Å²) < 4.78 is 75.0. The van der Waals surface area contributed by atoms with E-state index < -0.39 is 35.6 Å². The highest BCUT2D eigenvalue weighted by Gasteiger charge is 2.69. The molecule has 0 radical (unpaired) electrons. The van der Waals surface area contributed by atoms with Crippen LogP contribution in [0.25, 0.3) is 0 Å². The van der Waals surface area contributed by atoms with E-state index >= 15 is 0 Å². The molecule has 0 aromatic rings. The standard InChI is InChI=1S/C14H24ClF5O2/c1-4-10(5-2)14(20,12(3,16)17)13(18,19)8-6-7-9-22-11(15)21/h10-11,21H,4-9H2,1-3H3. The van der Waals surface area contributed by atoms with Crippen LogP contribution >= 0.6 is 11.6 Å². The van der Waals surface area contributed by atoms with Crippen molar-refractivity contribution in [3.63, 3.8) is 0 Å². The van der Waals surface area contributed by atoms with Gasteiger partial charge in [-0.2, -0.15) is 0 Å². The van der Waals surface area contributed by atoms with E-state index in [0.717, 1.165) is 0 Å². The van der Waals surface area contributed by atoms with Crippen molar-refractivity contribution in [2.24, 2.45) is 5.92 Å². The molecule has 22 heavy (non-hydrogen) atoms. The molecule has 2 atom stereocenters. The first-order chi connectivity index (χ1) is 9.94. The normalized spacial score (nSPS) is 17.6. The van der Waals surface area contributed by atoms with Crippen LogP contribution in [0.3, 0.4) is 0 Å². The molecule has 0 aromatic carbocycles. The van der Waals surface area contributed by atoms with Gasteiger partial charge in [-0.25, -0.2) is 22.0 Å². The SMILES string of the molecule is CCC(CC)C(F)(C(C)(F)F)C(F)(F)CCCCOC(O)Cl. The average molecular weight is 355 g/mol. The van der Waals surface area contributed by atoms with Crippen LogP contribution in [0.5, 0.6) is 0 Å². The predicted octanol–water partition coefficient (Wildman–Crippen LogP) is 5.12. The fraction of sp³-hybridized carbons (Fsp3) is 1.00. The van der Waals surface area contributed by atoms with E-state index in [1.54, 1.807) is 0 Å². The number of alkyl halides is 6. The molecule has 0 bridgehead atoms. The number of aliphatic hydroxyl groups excluding tert-OH is 1. The smallest absolute Gasteiger partial charge is 0.287 e. The van der Waals surface area contributed by atoms with Crippen LogP contribution in [0.1, 0.15) is 52.9 Å². The first-order valence-corrected chi connectivity index (χ1v) is 7.76. The molecular weight excluding hydrogens is 331 g/mol. The Balaban J connectivity index is 4.97. The Morgan fingerprint density at radius 3 is 1.91 bits per heavy atom. The molecule has 0 saturated carbocycles. The number of ether oxygens (including phenoxy) is 1. The van der Waals surface area contributed by atoms with Crippen molar-refractivity contribution < 1.29 is 31.8 Å². The van der Waals surface area contributed by atoms with E-state index in [1.165, 1.54) is 13.8 Å². The highest BCUT2D eigenvalue weighted by atomic mass is 35.5. The lowest BCUT2D eigenvalue weighted by atomic mass is 9.74. The molecule has 2 nitrogen and oxygen atoms in total. The molecule has 0 amide bonds. The fourth-order valence-corrected chi connectivity index (χ4v) is 2.73. The van der Waals surface area contributed by atoms with E-state index in [2.05, 4.69) is 4.74 Å². The van der Waals surface area contributed by atoms with E-state index in [4.69, 9.17) is 16.7 Å². The minimum atomic E-state index is -4.17. The van der Waals surface area contributed by atoms with Gasteiger partial charge in [-0.05, 0) is 25.7 Å². The summed E-state index contributed by atoms with van der Waals surface area (Å²) in [7, 11) is 0. The maximum Gasteiger partial charge on any atom is 0.287 e. The number of hydrogen-bond donors (Lipinski definition) is 1. The molecule has 8 heteroatoms. The Kier molecular flexibility index (Phi) is 8.58. The zero-order chi connectivity index (χ0) is 17.6. The summed E-state index contributed by atoms with van der Waals surface area (Å²) >= 11 is 5.08. The van der Waals surface area contributed by atoms with Gasteiger partial charge in [0.2, 0.25) is 11.4 Å². The van der Waals surface area contributed by atoms with Crippen LogP contribution in [-0.4, -0.2) is 35.0 Å². The Hall–Kier alpha value is -0.140. The zero-order valence-corrected chi connectivity index (χ0v) is 13.8. The van der Waals surface area contributed by atoms with Gasteiger partial charge in [-0.1, -0.05) is 25.4 Å². The summed E-state index contributed by atoms with van der Waals surface area (Å²) in [6, 6.07) is 0. The minimum Gasteiger partial charge on any atom is -0.356 e. The fourth-order valence-electron chi connectivity index (χ4n) is 2.64. The summed E-state index contributed by atoms with van der Waals surface area (Å²) in [5.74, 6) is -11.3. The van der Waals surface area contributed by atoms with Crippen molar-refractivity contribution in [1.82, 2.24) is 0 Å². The third-order valence-electron chi connectivity index (χ3n) is 3.86. The lowest BCUT2D eigenvalue weighted by Crippen LogP contribution is -2.60.